The van der Waals surface area contributed by atoms with Crippen LogP contribution in [0.2, 0.25) is 0 Å². The van der Waals surface area contributed by atoms with Crippen molar-refractivity contribution in [2.75, 3.05) is 18.0 Å². The van der Waals surface area contributed by atoms with E-state index >= 15 is 0 Å². The summed E-state index contributed by atoms with van der Waals surface area (Å²) in [7, 11) is 0. The van der Waals surface area contributed by atoms with Gasteiger partial charge in [0, 0.05) is 18.7 Å². The molecule has 1 saturated heterocycles. The molecule has 1 fully saturated rings. The average Bonchev–Trinajstić information content (AvgIpc) is 2.62. The van der Waals surface area contributed by atoms with Crippen LogP contribution in [0.1, 0.15) is 12.0 Å². The van der Waals surface area contributed by atoms with E-state index in [-0.39, 0.29) is 5.56 Å². The number of hydrogen-bond donors (Lipinski definition) is 1. The zero-order valence-corrected chi connectivity index (χ0v) is 7.58. The van der Waals surface area contributed by atoms with Crippen LogP contribution in [0.5, 0.6) is 0 Å². The number of hydrogen-bond acceptors (Lipinski definition) is 3. The summed E-state index contributed by atoms with van der Waals surface area (Å²) in [5.41, 5.74) is 1.62. The molecule has 1 aliphatic heterocycles. The van der Waals surface area contributed by atoms with Crippen LogP contribution in [0.25, 0.3) is 0 Å². The third kappa shape index (κ3) is 1.43. The SMILES string of the molecule is Cc1c(N2C[CH]CC2)cn[nH]c1=O. The lowest BCUT2D eigenvalue weighted by Crippen LogP contribution is -2.23. The fourth-order valence-corrected chi connectivity index (χ4v) is 1.57. The predicted octanol–water partition coefficient (Wildman–Crippen LogP) is 0.493. The summed E-state index contributed by atoms with van der Waals surface area (Å²) < 4.78 is 0. The van der Waals surface area contributed by atoms with Crippen molar-refractivity contribution in [2.24, 2.45) is 0 Å². The van der Waals surface area contributed by atoms with Crippen LogP contribution in [0, 0.1) is 13.3 Å². The lowest BCUT2D eigenvalue weighted by molar-refractivity contribution is 0.906. The lowest BCUT2D eigenvalue weighted by atomic mass is 10.2. The average molecular weight is 178 g/mol. The van der Waals surface area contributed by atoms with Gasteiger partial charge in [-0.2, -0.15) is 5.10 Å². The Morgan fingerprint density at radius 3 is 3.15 bits per heavy atom. The maximum absolute atomic E-state index is 11.2. The summed E-state index contributed by atoms with van der Waals surface area (Å²) in [6, 6.07) is 0. The Morgan fingerprint density at radius 1 is 1.62 bits per heavy atom. The second kappa shape index (κ2) is 3.20. The number of aromatic amines is 1. The van der Waals surface area contributed by atoms with Crippen LogP contribution in [-0.2, 0) is 0 Å². The highest BCUT2D eigenvalue weighted by molar-refractivity contribution is 5.51. The topological polar surface area (TPSA) is 49.0 Å². The predicted molar refractivity (Wildman–Crippen MR) is 50.7 cm³/mol. The number of H-pyrrole nitrogens is 1. The summed E-state index contributed by atoms with van der Waals surface area (Å²) in [6.07, 6.45) is 5.02. The Bertz CT molecular complexity index is 352. The molecule has 0 spiro atoms. The Balaban J connectivity index is 2.39. The van der Waals surface area contributed by atoms with E-state index in [1.807, 2.05) is 6.92 Å². The highest BCUT2D eigenvalue weighted by Gasteiger charge is 2.15. The second-order valence-corrected chi connectivity index (χ2v) is 3.23. The normalized spacial score (nSPS) is 16.5. The summed E-state index contributed by atoms with van der Waals surface area (Å²) in [5.74, 6) is 0. The molecule has 69 valence electrons. The van der Waals surface area contributed by atoms with Crippen molar-refractivity contribution in [1.82, 2.24) is 10.2 Å². The van der Waals surface area contributed by atoms with Gasteiger partial charge in [-0.3, -0.25) is 4.79 Å². The monoisotopic (exact) mass is 178 g/mol. The Morgan fingerprint density at radius 2 is 2.46 bits per heavy atom. The molecule has 1 aromatic rings. The summed E-state index contributed by atoms with van der Waals surface area (Å²) in [6.45, 7) is 3.74. The van der Waals surface area contributed by atoms with Crippen LogP contribution in [0.15, 0.2) is 11.0 Å². The molecule has 1 N–H and O–H groups in total. The van der Waals surface area contributed by atoms with Crippen molar-refractivity contribution in [3.05, 3.63) is 28.5 Å². The van der Waals surface area contributed by atoms with E-state index in [1.165, 1.54) is 0 Å². The molecule has 4 nitrogen and oxygen atoms in total. The van der Waals surface area contributed by atoms with Crippen molar-refractivity contribution in [3.8, 4) is 0 Å². The van der Waals surface area contributed by atoms with Gasteiger partial charge in [0.1, 0.15) is 0 Å². The fourth-order valence-electron chi connectivity index (χ4n) is 1.57. The van der Waals surface area contributed by atoms with Crippen molar-refractivity contribution >= 4 is 5.69 Å². The molecule has 0 atom stereocenters. The number of nitrogens with one attached hydrogen (secondary N) is 1. The molecule has 1 aliphatic rings. The van der Waals surface area contributed by atoms with E-state index in [2.05, 4.69) is 21.5 Å². The third-order valence-corrected chi connectivity index (χ3v) is 2.37. The van der Waals surface area contributed by atoms with Gasteiger partial charge in [0.15, 0.2) is 0 Å². The van der Waals surface area contributed by atoms with Crippen molar-refractivity contribution in [2.45, 2.75) is 13.3 Å². The molecule has 1 aromatic heterocycles. The van der Waals surface area contributed by atoms with Gasteiger partial charge in [-0.05, 0) is 19.8 Å². The zero-order valence-electron chi connectivity index (χ0n) is 7.58. The minimum Gasteiger partial charge on any atom is -0.370 e. The zero-order chi connectivity index (χ0) is 9.26. The number of nitrogens with zero attached hydrogens (tertiary/aromatic N) is 2. The minimum atomic E-state index is -0.0931. The largest absolute Gasteiger partial charge is 0.370 e. The first-order chi connectivity index (χ1) is 6.29. The summed E-state index contributed by atoms with van der Waals surface area (Å²) in [5, 5.41) is 6.22. The van der Waals surface area contributed by atoms with Crippen LogP contribution >= 0.6 is 0 Å². The van der Waals surface area contributed by atoms with Crippen molar-refractivity contribution in [3.63, 3.8) is 0 Å². The van der Waals surface area contributed by atoms with Gasteiger partial charge < -0.3 is 4.90 Å². The highest BCUT2D eigenvalue weighted by Crippen LogP contribution is 2.19. The van der Waals surface area contributed by atoms with Crippen LogP contribution in [0.4, 0.5) is 5.69 Å². The molecule has 0 saturated carbocycles. The van der Waals surface area contributed by atoms with Crippen molar-refractivity contribution < 1.29 is 0 Å². The molecule has 0 bridgehead atoms. The first kappa shape index (κ1) is 8.29. The van der Waals surface area contributed by atoms with E-state index in [1.54, 1.807) is 6.20 Å². The summed E-state index contributed by atoms with van der Waals surface area (Å²) in [4.78, 5) is 13.4. The lowest BCUT2D eigenvalue weighted by Gasteiger charge is -2.18. The van der Waals surface area contributed by atoms with Crippen molar-refractivity contribution in [1.29, 1.82) is 0 Å². The van der Waals surface area contributed by atoms with E-state index in [4.69, 9.17) is 0 Å². The van der Waals surface area contributed by atoms with Gasteiger partial charge in [-0.25, -0.2) is 5.10 Å². The van der Waals surface area contributed by atoms with E-state index in [0.29, 0.717) is 0 Å². The first-order valence-electron chi connectivity index (χ1n) is 4.40. The Labute approximate surface area is 76.6 Å². The number of anilines is 1. The Hall–Kier alpha value is -1.32. The third-order valence-electron chi connectivity index (χ3n) is 2.37. The van der Waals surface area contributed by atoms with E-state index in [9.17, 15) is 4.79 Å². The van der Waals surface area contributed by atoms with Gasteiger partial charge in [-0.1, -0.05) is 0 Å². The molecule has 2 heterocycles. The maximum atomic E-state index is 11.2. The van der Waals surface area contributed by atoms with E-state index in [0.717, 1.165) is 30.8 Å². The molecular formula is C9H12N3O. The fraction of sp³-hybridized carbons (Fsp3) is 0.444. The molecule has 0 aromatic carbocycles. The molecule has 0 amide bonds. The molecule has 2 rings (SSSR count). The van der Waals surface area contributed by atoms with Gasteiger partial charge in [0.25, 0.3) is 5.56 Å². The van der Waals surface area contributed by atoms with Gasteiger partial charge in [-0.15, -0.1) is 0 Å². The van der Waals surface area contributed by atoms with E-state index < -0.39 is 0 Å². The van der Waals surface area contributed by atoms with Gasteiger partial charge >= 0.3 is 0 Å². The second-order valence-electron chi connectivity index (χ2n) is 3.23. The number of rotatable bonds is 1. The Kier molecular flexibility index (Phi) is 2.04. The molecule has 0 unspecified atom stereocenters. The molecule has 1 radical (unpaired) electrons. The van der Waals surface area contributed by atoms with Crippen LogP contribution in [-0.4, -0.2) is 23.3 Å². The quantitative estimate of drug-likeness (QED) is 0.681. The number of aromatic nitrogens is 2. The van der Waals surface area contributed by atoms with Gasteiger partial charge in [0.05, 0.1) is 11.9 Å². The smallest absolute Gasteiger partial charge is 0.269 e. The molecule has 0 aliphatic carbocycles. The maximum Gasteiger partial charge on any atom is 0.269 e. The highest BCUT2D eigenvalue weighted by atomic mass is 16.1. The first-order valence-corrected chi connectivity index (χ1v) is 4.40. The summed E-state index contributed by atoms with van der Waals surface area (Å²) >= 11 is 0. The van der Waals surface area contributed by atoms with Crippen LogP contribution in [0.3, 0.4) is 0 Å². The standard InChI is InChI=1S/C9H12N3O/c1-7-8(6-10-11-9(7)13)12-4-2-3-5-12/h2,6H,3-5H2,1H3,(H,11,13). The molecule has 4 heteroatoms. The molecular weight excluding hydrogens is 166 g/mol. The van der Waals surface area contributed by atoms with Crippen LogP contribution < -0.4 is 10.5 Å². The molecule has 13 heavy (non-hydrogen) atoms. The minimum absolute atomic E-state index is 0.0931. The van der Waals surface area contributed by atoms with Gasteiger partial charge in [0.2, 0.25) is 0 Å².